The Bertz CT molecular complexity index is 1270. The molecule has 212 valence electrons. The number of amides is 1. The zero-order chi connectivity index (χ0) is 28.5. The van der Waals surface area contributed by atoms with Crippen molar-refractivity contribution in [3.05, 3.63) is 108 Å². The van der Waals surface area contributed by atoms with Crippen LogP contribution < -0.4 is 5.32 Å². The van der Waals surface area contributed by atoms with Crippen LogP contribution in [0.5, 0.6) is 5.75 Å². The monoisotopic (exact) mass is 548 g/mol. The van der Waals surface area contributed by atoms with E-state index in [9.17, 15) is 20.1 Å². The van der Waals surface area contributed by atoms with E-state index in [-0.39, 0.29) is 31.2 Å². The van der Waals surface area contributed by atoms with E-state index >= 15 is 0 Å². The molecule has 3 aromatic carbocycles. The summed E-state index contributed by atoms with van der Waals surface area (Å²) in [5, 5.41) is 32.6. The van der Waals surface area contributed by atoms with E-state index in [1.807, 2.05) is 42.3 Å². The number of benzene rings is 3. The SMILES string of the molecule is C=CCOC(=O)Nc1cccc(C2OC(CN(C)CC(O)c3cccc(O)c3)CC(c3ccc(CO)cc3)O2)c1. The molecular weight excluding hydrogens is 512 g/mol. The first-order valence-corrected chi connectivity index (χ1v) is 13.2. The number of phenols is 1. The number of nitrogens with zero attached hydrogens (tertiary/aromatic N) is 1. The highest BCUT2D eigenvalue weighted by molar-refractivity contribution is 5.84. The van der Waals surface area contributed by atoms with E-state index < -0.39 is 18.5 Å². The number of carbonyl (C=O) groups excluding carboxylic acids is 1. The first-order valence-electron chi connectivity index (χ1n) is 13.2. The van der Waals surface area contributed by atoms with Gasteiger partial charge in [0.25, 0.3) is 0 Å². The van der Waals surface area contributed by atoms with Crippen molar-refractivity contribution < 1.29 is 34.3 Å². The second kappa shape index (κ2) is 14.1. The summed E-state index contributed by atoms with van der Waals surface area (Å²) < 4.78 is 17.8. The van der Waals surface area contributed by atoms with Gasteiger partial charge in [-0.3, -0.25) is 5.32 Å². The molecule has 1 amide bonds. The molecule has 9 heteroatoms. The van der Waals surface area contributed by atoms with Crippen molar-refractivity contribution in [3.63, 3.8) is 0 Å². The quantitative estimate of drug-likeness (QED) is 0.252. The third kappa shape index (κ3) is 8.14. The van der Waals surface area contributed by atoms with Crippen molar-refractivity contribution in [2.75, 3.05) is 32.1 Å². The third-order valence-electron chi connectivity index (χ3n) is 6.61. The molecule has 0 aliphatic carbocycles. The first kappa shape index (κ1) is 29.3. The number of hydrogen-bond donors (Lipinski definition) is 4. The number of nitrogens with one attached hydrogen (secondary N) is 1. The molecule has 1 heterocycles. The Labute approximate surface area is 234 Å². The minimum atomic E-state index is -0.779. The Morgan fingerprint density at radius 3 is 2.62 bits per heavy atom. The maximum atomic E-state index is 12.0. The lowest BCUT2D eigenvalue weighted by Crippen LogP contribution is -2.39. The Morgan fingerprint density at radius 1 is 1.12 bits per heavy atom. The summed E-state index contributed by atoms with van der Waals surface area (Å²) in [6, 6.07) is 21.4. The summed E-state index contributed by atoms with van der Waals surface area (Å²) in [6.45, 7) is 4.47. The van der Waals surface area contributed by atoms with Crippen molar-refractivity contribution in [1.82, 2.24) is 4.90 Å². The fraction of sp³-hybridized carbons (Fsp3) is 0.323. The minimum Gasteiger partial charge on any atom is -0.508 e. The fourth-order valence-electron chi connectivity index (χ4n) is 4.64. The zero-order valence-corrected chi connectivity index (χ0v) is 22.5. The highest BCUT2D eigenvalue weighted by atomic mass is 16.7. The Hall–Kier alpha value is -3.73. The lowest BCUT2D eigenvalue weighted by molar-refractivity contribution is -0.252. The van der Waals surface area contributed by atoms with Crippen LogP contribution in [0.3, 0.4) is 0 Å². The van der Waals surface area contributed by atoms with Gasteiger partial charge < -0.3 is 34.4 Å². The first-order chi connectivity index (χ1) is 19.3. The molecular formula is C31H36N2O7. The molecule has 0 bridgehead atoms. The second-order valence-electron chi connectivity index (χ2n) is 9.82. The van der Waals surface area contributed by atoms with Gasteiger partial charge in [0.15, 0.2) is 6.29 Å². The molecule has 0 saturated carbocycles. The van der Waals surface area contributed by atoms with Gasteiger partial charge in [-0.15, -0.1) is 0 Å². The standard InChI is InChI=1S/C31H36N2O7/c1-3-14-38-31(37)32-25-8-4-7-24(15-25)30-39-27(17-29(40-30)22-12-10-21(20-34)11-13-22)18-33(2)19-28(36)23-6-5-9-26(35)16-23/h3-13,15-16,27-30,34-36H,1,14,17-20H2,2H3,(H,32,37). The number of phenolic OH excluding ortho intramolecular Hbond substituents is 1. The van der Waals surface area contributed by atoms with Crippen LogP contribution in [0.15, 0.2) is 85.5 Å². The summed E-state index contributed by atoms with van der Waals surface area (Å²) >= 11 is 0. The number of aliphatic hydroxyl groups is 2. The molecule has 1 aliphatic rings. The van der Waals surface area contributed by atoms with E-state index in [1.165, 1.54) is 6.08 Å². The van der Waals surface area contributed by atoms with Gasteiger partial charge >= 0.3 is 6.09 Å². The zero-order valence-electron chi connectivity index (χ0n) is 22.5. The molecule has 0 spiro atoms. The number of aromatic hydroxyl groups is 1. The molecule has 3 aromatic rings. The fourth-order valence-corrected chi connectivity index (χ4v) is 4.64. The average Bonchev–Trinajstić information content (AvgIpc) is 2.96. The maximum absolute atomic E-state index is 12.0. The van der Waals surface area contributed by atoms with Crippen molar-refractivity contribution in [2.24, 2.45) is 0 Å². The van der Waals surface area contributed by atoms with Crippen LogP contribution >= 0.6 is 0 Å². The number of rotatable bonds is 11. The minimum absolute atomic E-state index is 0.0402. The molecule has 4 atom stereocenters. The van der Waals surface area contributed by atoms with E-state index in [0.717, 1.165) is 16.7 Å². The van der Waals surface area contributed by atoms with Gasteiger partial charge in [-0.25, -0.2) is 4.79 Å². The topological polar surface area (TPSA) is 121 Å². The normalized spacial score (nSPS) is 19.6. The highest BCUT2D eigenvalue weighted by Gasteiger charge is 2.33. The van der Waals surface area contributed by atoms with E-state index in [1.54, 1.807) is 42.5 Å². The van der Waals surface area contributed by atoms with Gasteiger partial charge in [-0.05, 0) is 48.0 Å². The summed E-state index contributed by atoms with van der Waals surface area (Å²) in [5.74, 6) is 0.107. The van der Waals surface area contributed by atoms with E-state index in [0.29, 0.717) is 30.8 Å². The number of carbonyl (C=O) groups is 1. The Morgan fingerprint density at radius 2 is 1.90 bits per heavy atom. The smallest absolute Gasteiger partial charge is 0.411 e. The van der Waals surface area contributed by atoms with E-state index in [4.69, 9.17) is 14.2 Å². The van der Waals surface area contributed by atoms with Gasteiger partial charge in [0.2, 0.25) is 0 Å². The average molecular weight is 549 g/mol. The van der Waals surface area contributed by atoms with Crippen LogP contribution in [-0.2, 0) is 20.8 Å². The molecule has 1 saturated heterocycles. The van der Waals surface area contributed by atoms with Crippen molar-refractivity contribution >= 4 is 11.8 Å². The van der Waals surface area contributed by atoms with Crippen LogP contribution in [0, 0.1) is 0 Å². The molecule has 4 N–H and O–H groups in total. The highest BCUT2D eigenvalue weighted by Crippen LogP contribution is 2.38. The lowest BCUT2D eigenvalue weighted by Gasteiger charge is -2.38. The second-order valence-corrected chi connectivity index (χ2v) is 9.82. The summed E-state index contributed by atoms with van der Waals surface area (Å²) in [7, 11) is 1.91. The molecule has 40 heavy (non-hydrogen) atoms. The number of aliphatic hydroxyl groups excluding tert-OH is 2. The largest absolute Gasteiger partial charge is 0.508 e. The van der Waals surface area contributed by atoms with Crippen molar-refractivity contribution in [1.29, 1.82) is 0 Å². The number of likely N-dealkylation sites (N-methyl/N-ethyl adjacent to an activating group) is 1. The van der Waals surface area contributed by atoms with Crippen molar-refractivity contribution in [3.8, 4) is 5.75 Å². The van der Waals surface area contributed by atoms with E-state index in [2.05, 4.69) is 11.9 Å². The Balaban J connectivity index is 1.50. The molecule has 1 aliphatic heterocycles. The molecule has 0 aromatic heterocycles. The van der Waals surface area contributed by atoms with Gasteiger partial charge in [-0.2, -0.15) is 0 Å². The van der Waals surface area contributed by atoms with Crippen LogP contribution in [-0.4, -0.2) is 59.2 Å². The van der Waals surface area contributed by atoms with Crippen LogP contribution in [0.25, 0.3) is 0 Å². The molecule has 9 nitrogen and oxygen atoms in total. The lowest BCUT2D eigenvalue weighted by atomic mass is 9.99. The summed E-state index contributed by atoms with van der Waals surface area (Å²) in [4.78, 5) is 14.0. The van der Waals surface area contributed by atoms with Gasteiger partial charge in [0.1, 0.15) is 12.4 Å². The Kier molecular flexibility index (Phi) is 10.3. The van der Waals surface area contributed by atoms with Gasteiger partial charge in [-0.1, -0.05) is 61.2 Å². The maximum Gasteiger partial charge on any atom is 0.411 e. The number of ether oxygens (including phenoxy) is 3. The molecule has 1 fully saturated rings. The third-order valence-corrected chi connectivity index (χ3v) is 6.61. The van der Waals surface area contributed by atoms with Gasteiger partial charge in [0.05, 0.1) is 24.9 Å². The number of anilines is 1. The molecule has 4 rings (SSSR count). The summed E-state index contributed by atoms with van der Waals surface area (Å²) in [5.41, 5.74) is 3.67. The number of hydrogen-bond acceptors (Lipinski definition) is 8. The molecule has 0 radical (unpaired) electrons. The van der Waals surface area contributed by atoms with Crippen LogP contribution in [0.2, 0.25) is 0 Å². The van der Waals surface area contributed by atoms with Gasteiger partial charge in [0, 0.05) is 30.8 Å². The predicted octanol–water partition coefficient (Wildman–Crippen LogP) is 4.83. The summed E-state index contributed by atoms with van der Waals surface area (Å²) in [6.07, 6.45) is -0.531. The van der Waals surface area contributed by atoms with Crippen LogP contribution in [0.4, 0.5) is 10.5 Å². The van der Waals surface area contributed by atoms with Crippen LogP contribution in [0.1, 0.15) is 47.2 Å². The molecule has 4 unspecified atom stereocenters. The predicted molar refractivity (Wildman–Crippen MR) is 151 cm³/mol. The van der Waals surface area contributed by atoms with Crippen molar-refractivity contribution in [2.45, 2.75) is 37.6 Å².